The number of amides is 11. The number of primary amides is 2. The van der Waals surface area contributed by atoms with Gasteiger partial charge in [0.15, 0.2) is 11.9 Å². The molecule has 0 aliphatic heterocycles. The maximum absolute atomic E-state index is 14.2. The van der Waals surface area contributed by atoms with E-state index in [0.717, 1.165) is 0 Å². The first-order valence-electron chi connectivity index (χ1n) is 27.2. The molecule has 0 aliphatic carbocycles. The fourth-order valence-corrected chi connectivity index (χ4v) is 7.69. The van der Waals surface area contributed by atoms with Crippen molar-refractivity contribution in [3.63, 3.8) is 0 Å². The molecule has 0 saturated heterocycles. The molecule has 466 valence electrons. The van der Waals surface area contributed by atoms with Gasteiger partial charge in [-0.25, -0.2) is 4.79 Å². The summed E-state index contributed by atoms with van der Waals surface area (Å²) in [7, 11) is 0. The van der Waals surface area contributed by atoms with E-state index in [2.05, 4.69) is 57.8 Å². The molecular formula is C49H92N20O13. The van der Waals surface area contributed by atoms with Crippen molar-refractivity contribution >= 4 is 82.9 Å². The Balaban J connectivity index is 6.59. The maximum atomic E-state index is 14.2. The lowest BCUT2D eigenvalue weighted by Crippen LogP contribution is -2.61. The number of carboxylic acid groups (broad SMARTS) is 1. The first-order chi connectivity index (χ1) is 38.4. The fraction of sp³-hybridized carbons (Fsp3) is 0.714. The molecule has 33 heteroatoms. The summed E-state index contributed by atoms with van der Waals surface area (Å²) in [6.07, 6.45) is 0.323. The van der Waals surface area contributed by atoms with E-state index < -0.39 is 151 Å². The number of hydrogen-bond acceptors (Lipinski definition) is 17. The molecular weight excluding hydrogens is 1080 g/mol. The van der Waals surface area contributed by atoms with Gasteiger partial charge in [0.25, 0.3) is 0 Å². The van der Waals surface area contributed by atoms with Crippen molar-refractivity contribution < 1.29 is 62.6 Å². The van der Waals surface area contributed by atoms with Gasteiger partial charge in [0.1, 0.15) is 48.3 Å². The first kappa shape index (κ1) is 74.1. The van der Waals surface area contributed by atoms with Gasteiger partial charge in [-0.1, -0.05) is 27.7 Å². The quantitative estimate of drug-likeness (QED) is 0.0153. The van der Waals surface area contributed by atoms with Crippen molar-refractivity contribution in [2.24, 2.45) is 73.4 Å². The van der Waals surface area contributed by atoms with Crippen LogP contribution in [0.15, 0.2) is 9.98 Å². The number of nitrogens with two attached hydrogens (primary N) is 9. The van der Waals surface area contributed by atoms with Crippen LogP contribution in [-0.4, -0.2) is 175 Å². The second-order valence-electron chi connectivity index (χ2n) is 20.3. The molecule has 0 rings (SSSR count). The van der Waals surface area contributed by atoms with Crippen LogP contribution in [0.3, 0.4) is 0 Å². The Morgan fingerprint density at radius 1 is 0.451 bits per heavy atom. The zero-order valence-electron chi connectivity index (χ0n) is 47.7. The van der Waals surface area contributed by atoms with Crippen molar-refractivity contribution in [2.75, 3.05) is 32.7 Å². The fourth-order valence-electron chi connectivity index (χ4n) is 7.69. The Morgan fingerprint density at radius 2 is 0.890 bits per heavy atom. The monoisotopic (exact) mass is 1170 g/mol. The molecule has 0 radical (unpaired) electrons. The number of nitrogens with one attached hydrogen (secondary N) is 9. The summed E-state index contributed by atoms with van der Waals surface area (Å²) < 4.78 is 0. The van der Waals surface area contributed by atoms with Crippen molar-refractivity contribution in [1.82, 2.24) is 47.9 Å². The lowest BCUT2D eigenvalue weighted by atomic mass is 9.99. The largest absolute Gasteiger partial charge is 0.480 e. The van der Waals surface area contributed by atoms with Gasteiger partial charge >= 0.3 is 5.97 Å². The van der Waals surface area contributed by atoms with E-state index in [-0.39, 0.29) is 95.4 Å². The highest BCUT2D eigenvalue weighted by Crippen LogP contribution is 2.12. The second-order valence-corrected chi connectivity index (χ2v) is 20.3. The van der Waals surface area contributed by atoms with Crippen molar-refractivity contribution in [2.45, 2.75) is 179 Å². The summed E-state index contributed by atoms with van der Waals surface area (Å²) in [6, 6.07) is -12.4. The summed E-state index contributed by atoms with van der Waals surface area (Å²) in [5.74, 6) is -12.5. The Labute approximate surface area is 477 Å². The van der Waals surface area contributed by atoms with E-state index in [0.29, 0.717) is 25.7 Å². The third-order valence-corrected chi connectivity index (χ3v) is 12.2. The molecule has 0 unspecified atom stereocenters. The van der Waals surface area contributed by atoms with Gasteiger partial charge in [0, 0.05) is 19.5 Å². The molecule has 0 fully saturated rings. The van der Waals surface area contributed by atoms with Gasteiger partial charge < -0.3 is 105 Å². The molecule has 0 saturated carbocycles. The van der Waals surface area contributed by atoms with Crippen LogP contribution in [-0.2, 0) is 57.5 Å². The van der Waals surface area contributed by atoms with Crippen LogP contribution in [0, 0.1) is 11.8 Å². The lowest BCUT2D eigenvalue weighted by molar-refractivity contribution is -0.142. The van der Waals surface area contributed by atoms with Crippen LogP contribution in [0.5, 0.6) is 0 Å². The predicted molar refractivity (Wildman–Crippen MR) is 302 cm³/mol. The average molecular weight is 1170 g/mol. The second kappa shape index (κ2) is 40.3. The Kier molecular flexibility index (Phi) is 36.4. The number of carbonyl (C=O) groups excluding carboxylic acids is 11. The highest BCUT2D eigenvalue weighted by molar-refractivity contribution is 5.99. The van der Waals surface area contributed by atoms with Crippen LogP contribution in [0.25, 0.3) is 0 Å². The molecule has 0 aromatic heterocycles. The molecule has 0 bridgehead atoms. The van der Waals surface area contributed by atoms with E-state index in [1.807, 2.05) is 0 Å². The topological polar surface area (TPSA) is 592 Å². The highest BCUT2D eigenvalue weighted by Gasteiger charge is 2.36. The van der Waals surface area contributed by atoms with Crippen LogP contribution < -0.4 is 99.5 Å². The summed E-state index contributed by atoms with van der Waals surface area (Å²) in [5, 5.41) is 32.0. The summed E-state index contributed by atoms with van der Waals surface area (Å²) in [6.45, 7) is 8.00. The molecule has 33 nitrogen and oxygen atoms in total. The van der Waals surface area contributed by atoms with Gasteiger partial charge in [-0.15, -0.1) is 0 Å². The summed E-state index contributed by atoms with van der Waals surface area (Å²) >= 11 is 0. The SMILES string of the molecule is CC(C)C[C@H](NC(=O)CNC(=O)[C@H](C)NC(=O)[C@@H](N)CCCN=C(N)N)C(=O)N[C@@H](CCC(N)=O)C(=O)N[C@H](C(=O)N[C@@H](CCCN=C(N)N)C(=O)N[C@@H](CCCCN)C(=O)N[C@@H](CC(N)=O)C(=O)N[C@@H](CCCCN)C(=O)O)C(C)C. The molecule has 28 N–H and O–H groups in total. The van der Waals surface area contributed by atoms with E-state index >= 15 is 0 Å². The normalized spacial score (nSPS) is 14.3. The van der Waals surface area contributed by atoms with E-state index in [1.54, 1.807) is 27.7 Å². The smallest absolute Gasteiger partial charge is 0.326 e. The maximum Gasteiger partial charge on any atom is 0.326 e. The number of hydrogen-bond donors (Lipinski definition) is 19. The number of aliphatic carboxylic acids is 1. The predicted octanol–water partition coefficient (Wildman–Crippen LogP) is -7.38. The van der Waals surface area contributed by atoms with Crippen molar-refractivity contribution in [3.05, 3.63) is 0 Å². The minimum atomic E-state index is -1.68. The number of guanidine groups is 2. The Bertz CT molecular complexity index is 2190. The van der Waals surface area contributed by atoms with Gasteiger partial charge in [-0.3, -0.25) is 62.7 Å². The number of rotatable bonds is 43. The number of nitrogens with zero attached hydrogens (tertiary/aromatic N) is 2. The first-order valence-corrected chi connectivity index (χ1v) is 27.2. The minimum Gasteiger partial charge on any atom is -0.480 e. The Morgan fingerprint density at radius 3 is 1.37 bits per heavy atom. The Hall–Kier alpha value is -7.94. The summed E-state index contributed by atoms with van der Waals surface area (Å²) in [4.78, 5) is 166. The zero-order valence-corrected chi connectivity index (χ0v) is 47.7. The molecule has 0 aromatic carbocycles. The average Bonchev–Trinajstić information content (AvgIpc) is 3.44. The zero-order chi connectivity index (χ0) is 62.6. The van der Waals surface area contributed by atoms with Crippen LogP contribution in [0.1, 0.15) is 125 Å². The third kappa shape index (κ3) is 32.3. The molecule has 9 atom stereocenters. The molecule has 11 amide bonds. The molecule has 82 heavy (non-hydrogen) atoms. The summed E-state index contributed by atoms with van der Waals surface area (Å²) in [5.41, 5.74) is 49.5. The standard InChI is InChI=1S/C49H92N20O13/c1-25(2)22-33(63-37(72)24-61-39(73)27(5)62-40(74)28(52)12-10-20-59-48(55)56)44(78)65-31(16-17-35(53)70)43(77)69-38(26(3)4)46(80)66-30(15-11-21-60-49(57)58)41(75)64-29(13-6-8-18-50)42(76)68-34(23-36(54)71)45(79)67-32(47(81)82)14-7-9-19-51/h25-34,38H,6-24,50-52H2,1-5H3,(H2,53,70)(H2,54,71)(H,61,73)(H,62,74)(H,63,72)(H,64,75)(H,65,78)(H,66,80)(H,67,79)(H,68,76)(H,69,77)(H,81,82)(H4,55,56,59)(H4,57,58,60)/t27-,28-,29-,30-,31-,32-,33-,34-,38-/m0/s1. The van der Waals surface area contributed by atoms with Gasteiger partial charge in [-0.05, 0) is 109 Å². The number of aliphatic imine (C=N–C) groups is 2. The van der Waals surface area contributed by atoms with Crippen LogP contribution >= 0.6 is 0 Å². The number of unbranched alkanes of at least 4 members (excludes halogenated alkanes) is 2. The van der Waals surface area contributed by atoms with Crippen molar-refractivity contribution in [1.29, 1.82) is 0 Å². The van der Waals surface area contributed by atoms with Gasteiger partial charge in [0.05, 0.1) is 19.0 Å². The molecule has 0 spiro atoms. The molecule has 0 aliphatic rings. The minimum absolute atomic E-state index is 0.0159. The number of carboxylic acids is 1. The molecule has 0 aromatic rings. The molecule has 0 heterocycles. The van der Waals surface area contributed by atoms with E-state index in [1.165, 1.54) is 6.92 Å². The van der Waals surface area contributed by atoms with E-state index in [4.69, 9.17) is 51.6 Å². The highest BCUT2D eigenvalue weighted by atomic mass is 16.4. The van der Waals surface area contributed by atoms with E-state index in [9.17, 15) is 62.6 Å². The lowest BCUT2D eigenvalue weighted by Gasteiger charge is -2.29. The van der Waals surface area contributed by atoms with Gasteiger partial charge in [-0.2, -0.15) is 0 Å². The van der Waals surface area contributed by atoms with Crippen LogP contribution in [0.2, 0.25) is 0 Å². The van der Waals surface area contributed by atoms with Crippen molar-refractivity contribution in [3.8, 4) is 0 Å². The van der Waals surface area contributed by atoms with Gasteiger partial charge in [0.2, 0.25) is 65.0 Å². The third-order valence-electron chi connectivity index (χ3n) is 12.2. The van der Waals surface area contributed by atoms with Crippen LogP contribution in [0.4, 0.5) is 0 Å². The number of carbonyl (C=O) groups is 12.